The quantitative estimate of drug-likeness (QED) is 0.843. The number of carbonyl (C=O) groups excluding carboxylic acids is 1. The monoisotopic (exact) mass is 305 g/mol. The van der Waals surface area contributed by atoms with E-state index in [2.05, 4.69) is 5.32 Å². The molecule has 0 bridgehead atoms. The third-order valence-corrected chi connectivity index (χ3v) is 4.23. The summed E-state index contributed by atoms with van der Waals surface area (Å²) in [5.74, 6) is -0.979. The van der Waals surface area contributed by atoms with Crippen LogP contribution >= 0.6 is 0 Å². The molecule has 1 heterocycles. The molecule has 2 N–H and O–H groups in total. The first kappa shape index (κ1) is 16.5. The third-order valence-electron chi connectivity index (χ3n) is 4.23. The first-order valence-electron chi connectivity index (χ1n) is 7.66. The van der Waals surface area contributed by atoms with Gasteiger partial charge in [0.25, 0.3) is 0 Å². The molecular weight excluding hydrogens is 282 g/mol. The second kappa shape index (κ2) is 7.40. The zero-order chi connectivity index (χ0) is 16.0. The van der Waals surface area contributed by atoms with E-state index < -0.39 is 11.5 Å². The molecule has 1 aromatic rings. The molecule has 0 spiro atoms. The van der Waals surface area contributed by atoms with E-state index in [0.717, 1.165) is 5.56 Å². The number of hydrogen-bond donors (Lipinski definition) is 2. The maximum atomic E-state index is 12.2. The van der Waals surface area contributed by atoms with Crippen LogP contribution < -0.4 is 5.32 Å². The predicted molar refractivity (Wildman–Crippen MR) is 82.7 cm³/mol. The molecule has 1 fully saturated rings. The van der Waals surface area contributed by atoms with Gasteiger partial charge in [-0.3, -0.25) is 9.59 Å². The second-order valence-corrected chi connectivity index (χ2v) is 5.94. The predicted octanol–water partition coefficient (Wildman–Crippen LogP) is 2.07. The normalized spacial score (nSPS) is 17.0. The average molecular weight is 305 g/mol. The Bertz CT molecular complexity index is 535. The van der Waals surface area contributed by atoms with E-state index in [-0.39, 0.29) is 12.3 Å². The molecule has 0 unspecified atom stereocenters. The number of nitrogens with one attached hydrogen (secondary N) is 1. The van der Waals surface area contributed by atoms with Crippen LogP contribution in [0.3, 0.4) is 0 Å². The van der Waals surface area contributed by atoms with Crippen molar-refractivity contribution in [1.29, 1.82) is 0 Å². The Balaban J connectivity index is 1.93. The Labute approximate surface area is 130 Å². The number of amides is 1. The second-order valence-electron chi connectivity index (χ2n) is 5.94. The van der Waals surface area contributed by atoms with E-state index in [1.54, 1.807) is 0 Å². The number of carboxylic acids is 1. The summed E-state index contributed by atoms with van der Waals surface area (Å²) in [6.45, 7) is 3.01. The summed E-state index contributed by atoms with van der Waals surface area (Å²) in [6, 6.07) is 7.98. The molecule has 1 aliphatic heterocycles. The molecular formula is C17H23NO4. The Hall–Kier alpha value is -1.88. The van der Waals surface area contributed by atoms with Gasteiger partial charge in [-0.25, -0.2) is 0 Å². The lowest BCUT2D eigenvalue weighted by molar-refractivity contribution is -0.140. The average Bonchev–Trinajstić information content (AvgIpc) is 2.46. The maximum Gasteiger partial charge on any atom is 0.305 e. The lowest BCUT2D eigenvalue weighted by Gasteiger charge is -2.36. The molecule has 1 aromatic carbocycles. The Morgan fingerprint density at radius 3 is 2.59 bits per heavy atom. The number of benzene rings is 1. The number of hydrogen-bond acceptors (Lipinski definition) is 3. The fourth-order valence-corrected chi connectivity index (χ4v) is 2.89. The van der Waals surface area contributed by atoms with Crippen molar-refractivity contribution < 1.29 is 19.4 Å². The Morgan fingerprint density at radius 1 is 1.27 bits per heavy atom. The molecule has 0 saturated carbocycles. The molecule has 5 nitrogen and oxygen atoms in total. The lowest BCUT2D eigenvalue weighted by atomic mass is 9.86. The first-order valence-corrected chi connectivity index (χ1v) is 7.66. The number of carboxylic acid groups (broad SMARTS) is 1. The van der Waals surface area contributed by atoms with Crippen LogP contribution in [-0.2, 0) is 20.7 Å². The molecule has 1 saturated heterocycles. The van der Waals surface area contributed by atoms with Gasteiger partial charge in [-0.15, -0.1) is 0 Å². The molecule has 22 heavy (non-hydrogen) atoms. The van der Waals surface area contributed by atoms with Crippen LogP contribution in [0.15, 0.2) is 24.3 Å². The molecule has 1 amide bonds. The lowest BCUT2D eigenvalue weighted by Crippen LogP contribution is -2.53. The zero-order valence-corrected chi connectivity index (χ0v) is 12.9. The van der Waals surface area contributed by atoms with Crippen molar-refractivity contribution >= 4 is 11.9 Å². The van der Waals surface area contributed by atoms with Gasteiger partial charge in [0.05, 0.1) is 12.0 Å². The van der Waals surface area contributed by atoms with E-state index in [1.807, 2.05) is 31.2 Å². The van der Waals surface area contributed by atoms with Gasteiger partial charge in [0.15, 0.2) is 0 Å². The molecule has 0 aromatic heterocycles. The summed E-state index contributed by atoms with van der Waals surface area (Å²) in [7, 11) is 0. The van der Waals surface area contributed by atoms with E-state index in [1.165, 1.54) is 5.56 Å². The molecule has 2 rings (SSSR count). The van der Waals surface area contributed by atoms with Crippen molar-refractivity contribution in [3.8, 4) is 0 Å². The van der Waals surface area contributed by atoms with Gasteiger partial charge < -0.3 is 15.2 Å². The van der Waals surface area contributed by atoms with Gasteiger partial charge in [-0.2, -0.15) is 0 Å². The minimum atomic E-state index is -0.888. The van der Waals surface area contributed by atoms with Crippen LogP contribution in [-0.4, -0.2) is 35.7 Å². The van der Waals surface area contributed by atoms with Gasteiger partial charge in [0.1, 0.15) is 0 Å². The van der Waals surface area contributed by atoms with Gasteiger partial charge in [-0.05, 0) is 37.3 Å². The Kier molecular flexibility index (Phi) is 5.55. The van der Waals surface area contributed by atoms with Crippen LogP contribution in [0.2, 0.25) is 0 Å². The maximum absolute atomic E-state index is 12.2. The van der Waals surface area contributed by atoms with Crippen LogP contribution in [0.1, 0.15) is 36.8 Å². The van der Waals surface area contributed by atoms with E-state index >= 15 is 0 Å². The highest BCUT2D eigenvalue weighted by Crippen LogP contribution is 2.25. The summed E-state index contributed by atoms with van der Waals surface area (Å²) in [4.78, 5) is 23.3. The summed E-state index contributed by atoms with van der Waals surface area (Å²) in [5, 5.41) is 12.0. The summed E-state index contributed by atoms with van der Waals surface area (Å²) >= 11 is 0. The highest BCUT2D eigenvalue weighted by Gasteiger charge is 2.36. The number of carbonyl (C=O) groups is 2. The van der Waals surface area contributed by atoms with Gasteiger partial charge >= 0.3 is 5.97 Å². The SMILES string of the molecule is Cc1ccccc1CCC(=O)NC1(CC(=O)O)CCOCC1. The van der Waals surface area contributed by atoms with Crippen molar-refractivity contribution in [2.45, 2.75) is 44.6 Å². The van der Waals surface area contributed by atoms with Gasteiger partial charge in [-0.1, -0.05) is 24.3 Å². The van der Waals surface area contributed by atoms with Gasteiger partial charge in [0.2, 0.25) is 5.91 Å². The smallest absolute Gasteiger partial charge is 0.305 e. The van der Waals surface area contributed by atoms with E-state index in [4.69, 9.17) is 9.84 Å². The van der Waals surface area contributed by atoms with Crippen molar-refractivity contribution in [2.24, 2.45) is 0 Å². The number of aryl methyl sites for hydroxylation is 2. The number of rotatable bonds is 6. The highest BCUT2D eigenvalue weighted by molar-refractivity contribution is 5.78. The largest absolute Gasteiger partial charge is 0.481 e. The summed E-state index contributed by atoms with van der Waals surface area (Å²) < 4.78 is 5.29. The van der Waals surface area contributed by atoms with Crippen LogP contribution in [0.4, 0.5) is 0 Å². The van der Waals surface area contributed by atoms with Crippen molar-refractivity contribution in [3.63, 3.8) is 0 Å². The van der Waals surface area contributed by atoms with Crippen molar-refractivity contribution in [1.82, 2.24) is 5.32 Å². The van der Waals surface area contributed by atoms with Crippen molar-refractivity contribution in [2.75, 3.05) is 13.2 Å². The van der Waals surface area contributed by atoms with E-state index in [0.29, 0.717) is 38.9 Å². The summed E-state index contributed by atoms with van der Waals surface area (Å²) in [6.07, 6.45) is 2.09. The number of aliphatic carboxylic acids is 1. The van der Waals surface area contributed by atoms with Crippen LogP contribution in [0, 0.1) is 6.92 Å². The topological polar surface area (TPSA) is 75.6 Å². The minimum absolute atomic E-state index is 0.0491. The zero-order valence-electron chi connectivity index (χ0n) is 12.9. The molecule has 0 radical (unpaired) electrons. The molecule has 0 atom stereocenters. The van der Waals surface area contributed by atoms with Crippen molar-refractivity contribution in [3.05, 3.63) is 35.4 Å². The van der Waals surface area contributed by atoms with Crippen LogP contribution in [0.5, 0.6) is 0 Å². The molecule has 120 valence electrons. The third kappa shape index (κ3) is 4.56. The molecule has 5 heteroatoms. The highest BCUT2D eigenvalue weighted by atomic mass is 16.5. The van der Waals surface area contributed by atoms with E-state index in [9.17, 15) is 9.59 Å². The molecule has 1 aliphatic rings. The first-order chi connectivity index (χ1) is 10.5. The fourth-order valence-electron chi connectivity index (χ4n) is 2.89. The standard InChI is InChI=1S/C17H23NO4/c1-13-4-2-3-5-14(13)6-7-15(19)18-17(12-16(20)21)8-10-22-11-9-17/h2-5H,6-12H2,1H3,(H,18,19)(H,20,21). The molecule has 0 aliphatic carbocycles. The Morgan fingerprint density at radius 2 is 1.95 bits per heavy atom. The number of ether oxygens (including phenoxy) is 1. The fraction of sp³-hybridized carbons (Fsp3) is 0.529. The minimum Gasteiger partial charge on any atom is -0.481 e. The van der Waals surface area contributed by atoms with Crippen LogP contribution in [0.25, 0.3) is 0 Å². The van der Waals surface area contributed by atoms with Gasteiger partial charge in [0, 0.05) is 19.6 Å². The summed E-state index contributed by atoms with van der Waals surface area (Å²) in [5.41, 5.74) is 1.66.